The lowest BCUT2D eigenvalue weighted by Crippen LogP contribution is -2.42. The van der Waals surface area contributed by atoms with E-state index in [1.807, 2.05) is 6.92 Å². The Kier molecular flexibility index (Phi) is 6.74. The van der Waals surface area contributed by atoms with Gasteiger partial charge in [-0.1, -0.05) is 12.1 Å². The molecule has 0 unspecified atom stereocenters. The van der Waals surface area contributed by atoms with Gasteiger partial charge in [-0.25, -0.2) is 0 Å². The third-order valence-electron chi connectivity index (χ3n) is 7.71. The first-order valence-electron chi connectivity index (χ1n) is 12.7. The van der Waals surface area contributed by atoms with Crippen LogP contribution < -0.4 is 15.6 Å². The van der Waals surface area contributed by atoms with Crippen LogP contribution in [0.5, 0.6) is 5.75 Å². The number of amides is 1. The van der Waals surface area contributed by atoms with Crippen molar-refractivity contribution in [2.75, 3.05) is 19.0 Å². The third-order valence-corrected chi connectivity index (χ3v) is 10.2. The molecule has 38 heavy (non-hydrogen) atoms. The summed E-state index contributed by atoms with van der Waals surface area (Å²) in [7, 11) is -1.86. The van der Waals surface area contributed by atoms with E-state index in [0.717, 1.165) is 0 Å². The quantitative estimate of drug-likeness (QED) is 0.332. The molecule has 4 atom stereocenters. The predicted molar refractivity (Wildman–Crippen MR) is 141 cm³/mol. The monoisotopic (exact) mass is 541 g/mol. The van der Waals surface area contributed by atoms with E-state index in [0.29, 0.717) is 42.0 Å². The number of aliphatic hydroxyl groups is 1. The molecule has 2 N–H and O–H groups in total. The Balaban J connectivity index is 1.52. The SMILES string of the molecule is COc1cccn(-c2ccc3c(c2)[C@@]2(O[C@H](CCn4cc(CCO)nn4)[C@@H]([Si](C)(C)F)[C@@H]2C)C(=O)N3)c1=O. The molecular formula is C26H32FN5O5Si. The first-order chi connectivity index (χ1) is 18.1. The third kappa shape index (κ3) is 4.26. The largest absolute Gasteiger partial charge is 0.491 e. The highest BCUT2D eigenvalue weighted by Crippen LogP contribution is 2.59. The van der Waals surface area contributed by atoms with E-state index in [2.05, 4.69) is 15.6 Å². The number of aryl methyl sites for hydroxylation is 1. The van der Waals surface area contributed by atoms with Crippen LogP contribution in [0.2, 0.25) is 18.6 Å². The standard InChI is InChI=1S/C26H32FN5O5Si/c1-16-23(38(3,4)27)21(9-12-31-15-17(10-13-33)29-30-31)37-26(16)19-14-18(7-8-20(19)28-25(26)35)32-11-5-6-22(36-2)24(32)34/h5-8,11,14-16,21,23,33H,9-10,12-13H2,1-4H3,(H,28,35)/t16-,21+,23-,26+/m0/s1. The van der Waals surface area contributed by atoms with Gasteiger partial charge in [0.15, 0.2) is 11.4 Å². The van der Waals surface area contributed by atoms with Crippen LogP contribution in [0.15, 0.2) is 47.5 Å². The summed E-state index contributed by atoms with van der Waals surface area (Å²) < 4.78 is 30.8. The minimum atomic E-state index is -3.29. The molecule has 1 fully saturated rings. The van der Waals surface area contributed by atoms with Crippen molar-refractivity contribution < 1.29 is 23.5 Å². The smallest absolute Gasteiger partial charge is 0.297 e. The summed E-state index contributed by atoms with van der Waals surface area (Å²) in [5.41, 5.74) is 0.235. The Hall–Kier alpha value is -3.35. The summed E-state index contributed by atoms with van der Waals surface area (Å²) in [6.07, 6.45) is 3.71. The van der Waals surface area contributed by atoms with E-state index in [-0.39, 0.29) is 23.8 Å². The minimum absolute atomic E-state index is 0.0213. The Bertz CT molecular complexity index is 1420. The van der Waals surface area contributed by atoms with Crippen LogP contribution in [0, 0.1) is 5.92 Å². The molecule has 2 aromatic heterocycles. The number of ether oxygens (including phenoxy) is 2. The van der Waals surface area contributed by atoms with Gasteiger partial charge < -0.3 is 24.0 Å². The van der Waals surface area contributed by atoms with Gasteiger partial charge in [0.25, 0.3) is 11.5 Å². The molecule has 1 aromatic carbocycles. The van der Waals surface area contributed by atoms with E-state index in [9.17, 15) is 9.59 Å². The molecule has 1 saturated heterocycles. The number of nitrogens with one attached hydrogen (secondary N) is 1. The van der Waals surface area contributed by atoms with Gasteiger partial charge in [0.05, 0.1) is 18.9 Å². The van der Waals surface area contributed by atoms with Gasteiger partial charge in [0.2, 0.25) is 8.41 Å². The van der Waals surface area contributed by atoms with Gasteiger partial charge in [0, 0.05) is 60.4 Å². The first kappa shape index (κ1) is 26.3. The number of halogens is 1. The molecule has 202 valence electrons. The fraction of sp³-hybridized carbons (Fsp3) is 0.462. The lowest BCUT2D eigenvalue weighted by molar-refractivity contribution is -0.143. The van der Waals surface area contributed by atoms with Gasteiger partial charge in [-0.3, -0.25) is 18.8 Å². The number of pyridine rings is 1. The highest BCUT2D eigenvalue weighted by Gasteiger charge is 2.65. The van der Waals surface area contributed by atoms with Crippen LogP contribution in [-0.2, 0) is 28.1 Å². The molecule has 3 aromatic rings. The Labute approximate surface area is 220 Å². The highest BCUT2D eigenvalue weighted by atomic mass is 28.4. The topological polar surface area (TPSA) is 120 Å². The summed E-state index contributed by atoms with van der Waals surface area (Å²) in [6, 6.07) is 8.57. The van der Waals surface area contributed by atoms with E-state index in [1.54, 1.807) is 60.5 Å². The minimum Gasteiger partial charge on any atom is -0.491 e. The van der Waals surface area contributed by atoms with Crippen molar-refractivity contribution in [3.05, 3.63) is 64.3 Å². The molecule has 12 heteroatoms. The van der Waals surface area contributed by atoms with E-state index < -0.39 is 31.6 Å². The Morgan fingerprint density at radius 2 is 2.08 bits per heavy atom. The lowest BCUT2D eigenvalue weighted by Gasteiger charge is -2.30. The number of carbonyl (C=O) groups excluding carboxylic acids is 1. The van der Waals surface area contributed by atoms with Crippen molar-refractivity contribution in [1.82, 2.24) is 19.6 Å². The van der Waals surface area contributed by atoms with Crippen LogP contribution in [-0.4, -0.2) is 58.8 Å². The molecule has 2 aliphatic rings. The summed E-state index contributed by atoms with van der Waals surface area (Å²) in [5.74, 6) is -0.576. The maximum atomic E-state index is 15.9. The summed E-state index contributed by atoms with van der Waals surface area (Å²) in [5, 5.41) is 20.2. The molecule has 5 rings (SSSR count). The van der Waals surface area contributed by atoms with Crippen molar-refractivity contribution >= 4 is 20.0 Å². The Morgan fingerprint density at radius 3 is 2.79 bits per heavy atom. The van der Waals surface area contributed by atoms with Crippen LogP contribution in [0.3, 0.4) is 0 Å². The zero-order valence-corrected chi connectivity index (χ0v) is 22.8. The van der Waals surface area contributed by atoms with Crippen molar-refractivity contribution in [3.63, 3.8) is 0 Å². The molecule has 0 bridgehead atoms. The number of benzene rings is 1. The van der Waals surface area contributed by atoms with E-state index in [4.69, 9.17) is 14.6 Å². The maximum Gasteiger partial charge on any atom is 0.297 e. The highest BCUT2D eigenvalue weighted by molar-refractivity contribution is 6.72. The number of hydrogen-bond donors (Lipinski definition) is 2. The molecule has 0 saturated carbocycles. The summed E-state index contributed by atoms with van der Waals surface area (Å²) in [4.78, 5) is 26.5. The van der Waals surface area contributed by atoms with Crippen molar-refractivity contribution in [2.24, 2.45) is 5.92 Å². The summed E-state index contributed by atoms with van der Waals surface area (Å²) in [6.45, 7) is 5.59. The number of aromatic nitrogens is 4. The van der Waals surface area contributed by atoms with Gasteiger partial charge in [0.1, 0.15) is 0 Å². The number of fused-ring (bicyclic) bond motifs is 2. The average molecular weight is 542 g/mol. The van der Waals surface area contributed by atoms with Crippen LogP contribution >= 0.6 is 0 Å². The lowest BCUT2D eigenvalue weighted by atomic mass is 9.82. The predicted octanol–water partition coefficient (Wildman–Crippen LogP) is 2.79. The van der Waals surface area contributed by atoms with Crippen LogP contribution in [0.4, 0.5) is 9.80 Å². The first-order valence-corrected chi connectivity index (χ1v) is 15.6. The second-order valence-electron chi connectivity index (χ2n) is 10.4. The second-order valence-corrected chi connectivity index (χ2v) is 14.2. The fourth-order valence-corrected chi connectivity index (χ4v) is 8.59. The van der Waals surface area contributed by atoms with Gasteiger partial charge >= 0.3 is 0 Å². The van der Waals surface area contributed by atoms with Crippen LogP contribution in [0.25, 0.3) is 5.69 Å². The molecular weight excluding hydrogens is 509 g/mol. The number of rotatable bonds is 8. The zero-order chi connectivity index (χ0) is 27.2. The molecule has 1 amide bonds. The average Bonchev–Trinajstić information content (AvgIpc) is 3.53. The summed E-state index contributed by atoms with van der Waals surface area (Å²) >= 11 is 0. The number of anilines is 1. The normalized spacial score (nSPS) is 24.6. The molecule has 0 radical (unpaired) electrons. The van der Waals surface area contributed by atoms with Gasteiger partial charge in [-0.2, -0.15) is 0 Å². The number of aliphatic hydroxyl groups excluding tert-OH is 1. The van der Waals surface area contributed by atoms with E-state index >= 15 is 4.11 Å². The number of nitrogens with zero attached hydrogens (tertiary/aromatic N) is 4. The molecule has 2 aliphatic heterocycles. The zero-order valence-electron chi connectivity index (χ0n) is 21.8. The molecule has 4 heterocycles. The van der Waals surface area contributed by atoms with Crippen LogP contribution in [0.1, 0.15) is 24.6 Å². The van der Waals surface area contributed by atoms with Crippen molar-refractivity contribution in [2.45, 2.75) is 56.7 Å². The van der Waals surface area contributed by atoms with Gasteiger partial charge in [-0.15, -0.1) is 5.10 Å². The van der Waals surface area contributed by atoms with E-state index in [1.165, 1.54) is 11.7 Å². The van der Waals surface area contributed by atoms with Gasteiger partial charge in [-0.05, 0) is 49.8 Å². The number of carbonyl (C=O) groups is 1. The molecule has 10 nitrogen and oxygen atoms in total. The number of hydrogen-bond acceptors (Lipinski definition) is 7. The molecule has 1 spiro atoms. The van der Waals surface area contributed by atoms with Crippen molar-refractivity contribution in [1.29, 1.82) is 0 Å². The Morgan fingerprint density at radius 1 is 1.29 bits per heavy atom. The molecule has 0 aliphatic carbocycles. The maximum absolute atomic E-state index is 15.9. The number of methoxy groups -OCH3 is 1. The van der Waals surface area contributed by atoms with Crippen molar-refractivity contribution in [3.8, 4) is 11.4 Å². The second kappa shape index (κ2) is 9.75. The fourth-order valence-electron chi connectivity index (χ4n) is 6.04.